The number of rotatable bonds is 7. The Morgan fingerprint density at radius 3 is 2.93 bits per heavy atom. The minimum absolute atomic E-state index is 0.766. The maximum Gasteiger partial charge on any atom is 0.0794 e. The third-order valence-electron chi connectivity index (χ3n) is 2.41. The van der Waals surface area contributed by atoms with E-state index in [1.807, 2.05) is 11.7 Å². The zero-order valence-electron chi connectivity index (χ0n) is 9.12. The number of hydrogen-bond acceptors (Lipinski definition) is 3. The molecule has 0 saturated heterocycles. The zero-order chi connectivity index (χ0) is 10.2. The van der Waals surface area contributed by atoms with Crippen LogP contribution >= 0.6 is 11.3 Å². The van der Waals surface area contributed by atoms with E-state index >= 15 is 0 Å². The van der Waals surface area contributed by atoms with E-state index < -0.39 is 0 Å². The summed E-state index contributed by atoms with van der Waals surface area (Å²) in [6.45, 7) is 6.75. The molecule has 0 saturated carbocycles. The van der Waals surface area contributed by atoms with Crippen LogP contribution in [0.3, 0.4) is 0 Å². The van der Waals surface area contributed by atoms with Gasteiger partial charge in [-0.25, -0.2) is 0 Å². The molecule has 0 aliphatic heterocycles. The van der Waals surface area contributed by atoms with Crippen LogP contribution in [-0.2, 0) is 6.42 Å². The van der Waals surface area contributed by atoms with Gasteiger partial charge in [0.15, 0.2) is 0 Å². The molecule has 0 fully saturated rings. The highest BCUT2D eigenvalue weighted by Gasteiger charge is 2.07. The van der Waals surface area contributed by atoms with Crippen LogP contribution in [0.5, 0.6) is 0 Å². The van der Waals surface area contributed by atoms with Crippen molar-refractivity contribution in [2.75, 3.05) is 13.1 Å². The lowest BCUT2D eigenvalue weighted by Gasteiger charge is -2.13. The Hall–Kier alpha value is -0.410. The van der Waals surface area contributed by atoms with Gasteiger partial charge in [0.25, 0.3) is 0 Å². The van der Waals surface area contributed by atoms with Gasteiger partial charge in [-0.2, -0.15) is 0 Å². The molecule has 80 valence electrons. The first-order valence-electron chi connectivity index (χ1n) is 5.44. The van der Waals surface area contributed by atoms with Gasteiger partial charge in [-0.05, 0) is 31.8 Å². The molecule has 0 aliphatic carbocycles. The molecule has 0 bridgehead atoms. The molecule has 3 heteroatoms. The maximum atomic E-state index is 4.10. The van der Waals surface area contributed by atoms with E-state index in [4.69, 9.17) is 0 Å². The molecule has 0 aromatic carbocycles. The summed E-state index contributed by atoms with van der Waals surface area (Å²) < 4.78 is 0. The molecule has 1 unspecified atom stereocenters. The Morgan fingerprint density at radius 2 is 2.36 bits per heavy atom. The molecular formula is C11H20N2S. The van der Waals surface area contributed by atoms with Crippen LogP contribution in [0.1, 0.15) is 31.6 Å². The monoisotopic (exact) mass is 212 g/mol. The summed E-state index contributed by atoms with van der Waals surface area (Å²) in [5.74, 6) is 0.766. The van der Waals surface area contributed by atoms with Crippen molar-refractivity contribution in [3.05, 3.63) is 16.6 Å². The van der Waals surface area contributed by atoms with Gasteiger partial charge in [0.05, 0.1) is 5.51 Å². The summed E-state index contributed by atoms with van der Waals surface area (Å²) in [6.07, 6.45) is 5.64. The Morgan fingerprint density at radius 1 is 1.50 bits per heavy atom. The smallest absolute Gasteiger partial charge is 0.0794 e. The summed E-state index contributed by atoms with van der Waals surface area (Å²) >= 11 is 1.77. The van der Waals surface area contributed by atoms with Crippen LogP contribution in [0.15, 0.2) is 11.7 Å². The van der Waals surface area contributed by atoms with E-state index in [1.165, 1.54) is 24.1 Å². The van der Waals surface area contributed by atoms with Gasteiger partial charge in [0.2, 0.25) is 0 Å². The van der Waals surface area contributed by atoms with Crippen molar-refractivity contribution >= 4 is 11.3 Å². The quantitative estimate of drug-likeness (QED) is 0.703. The number of hydrogen-bond donors (Lipinski definition) is 1. The SMILES string of the molecule is CCCNCC(CC)Cc1cncs1. The van der Waals surface area contributed by atoms with Crippen LogP contribution in [-0.4, -0.2) is 18.1 Å². The minimum atomic E-state index is 0.766. The molecule has 1 aromatic rings. The van der Waals surface area contributed by atoms with Gasteiger partial charge in [0, 0.05) is 11.1 Å². The van der Waals surface area contributed by atoms with E-state index in [2.05, 4.69) is 24.1 Å². The van der Waals surface area contributed by atoms with Crippen LogP contribution in [0.2, 0.25) is 0 Å². The Balaban J connectivity index is 2.24. The summed E-state index contributed by atoms with van der Waals surface area (Å²) in [5.41, 5.74) is 1.92. The first kappa shape index (κ1) is 11.7. The van der Waals surface area contributed by atoms with E-state index in [-0.39, 0.29) is 0 Å². The largest absolute Gasteiger partial charge is 0.316 e. The summed E-state index contributed by atoms with van der Waals surface area (Å²) in [5, 5.41) is 3.48. The Kier molecular flexibility index (Phi) is 5.80. The fraction of sp³-hybridized carbons (Fsp3) is 0.727. The molecule has 14 heavy (non-hydrogen) atoms. The topological polar surface area (TPSA) is 24.9 Å². The standard InChI is InChI=1S/C11H20N2S/c1-3-5-12-7-10(4-2)6-11-8-13-9-14-11/h8-10,12H,3-7H2,1-2H3. The van der Waals surface area contributed by atoms with Crippen LogP contribution in [0.4, 0.5) is 0 Å². The molecule has 1 N–H and O–H groups in total. The highest BCUT2D eigenvalue weighted by Crippen LogP contribution is 2.14. The normalized spacial score (nSPS) is 13.0. The number of thiazole rings is 1. The summed E-state index contributed by atoms with van der Waals surface area (Å²) in [6, 6.07) is 0. The summed E-state index contributed by atoms with van der Waals surface area (Å²) in [7, 11) is 0. The van der Waals surface area contributed by atoms with Crippen molar-refractivity contribution in [2.45, 2.75) is 33.1 Å². The second-order valence-corrected chi connectivity index (χ2v) is 4.62. The highest BCUT2D eigenvalue weighted by molar-refractivity contribution is 7.09. The second kappa shape index (κ2) is 6.96. The van der Waals surface area contributed by atoms with Crippen molar-refractivity contribution in [3.63, 3.8) is 0 Å². The van der Waals surface area contributed by atoms with Crippen LogP contribution < -0.4 is 5.32 Å². The van der Waals surface area contributed by atoms with E-state index in [0.717, 1.165) is 19.0 Å². The van der Waals surface area contributed by atoms with Gasteiger partial charge in [-0.3, -0.25) is 4.98 Å². The maximum absolute atomic E-state index is 4.10. The first-order chi connectivity index (χ1) is 6.86. The molecule has 1 rings (SSSR count). The van der Waals surface area contributed by atoms with E-state index in [0.29, 0.717) is 0 Å². The third-order valence-corrected chi connectivity index (χ3v) is 3.21. The number of nitrogens with zero attached hydrogens (tertiary/aromatic N) is 1. The lowest BCUT2D eigenvalue weighted by atomic mass is 10.0. The van der Waals surface area contributed by atoms with Crippen molar-refractivity contribution in [1.82, 2.24) is 10.3 Å². The van der Waals surface area contributed by atoms with Crippen molar-refractivity contribution in [3.8, 4) is 0 Å². The van der Waals surface area contributed by atoms with E-state index in [9.17, 15) is 0 Å². The molecule has 1 aromatic heterocycles. The zero-order valence-corrected chi connectivity index (χ0v) is 9.94. The molecule has 0 aliphatic rings. The lowest BCUT2D eigenvalue weighted by molar-refractivity contribution is 0.463. The average molecular weight is 212 g/mol. The minimum Gasteiger partial charge on any atom is -0.316 e. The van der Waals surface area contributed by atoms with E-state index in [1.54, 1.807) is 11.3 Å². The molecule has 2 nitrogen and oxygen atoms in total. The van der Waals surface area contributed by atoms with Crippen molar-refractivity contribution in [1.29, 1.82) is 0 Å². The molecule has 0 spiro atoms. The van der Waals surface area contributed by atoms with Gasteiger partial charge in [-0.1, -0.05) is 20.3 Å². The Labute approximate surface area is 90.8 Å². The van der Waals surface area contributed by atoms with Crippen LogP contribution in [0, 0.1) is 5.92 Å². The predicted molar refractivity (Wildman–Crippen MR) is 62.8 cm³/mol. The highest BCUT2D eigenvalue weighted by atomic mass is 32.1. The van der Waals surface area contributed by atoms with Crippen molar-refractivity contribution in [2.24, 2.45) is 5.92 Å². The van der Waals surface area contributed by atoms with Gasteiger partial charge in [-0.15, -0.1) is 11.3 Å². The first-order valence-corrected chi connectivity index (χ1v) is 6.32. The molecule has 0 amide bonds. The molecular weight excluding hydrogens is 192 g/mol. The molecule has 1 atom stereocenters. The Bertz CT molecular complexity index is 221. The number of aromatic nitrogens is 1. The van der Waals surface area contributed by atoms with Crippen molar-refractivity contribution < 1.29 is 0 Å². The fourth-order valence-electron chi connectivity index (χ4n) is 1.47. The van der Waals surface area contributed by atoms with Gasteiger partial charge >= 0.3 is 0 Å². The van der Waals surface area contributed by atoms with Gasteiger partial charge in [0.1, 0.15) is 0 Å². The average Bonchev–Trinajstić information content (AvgIpc) is 2.69. The fourth-order valence-corrected chi connectivity index (χ4v) is 2.18. The van der Waals surface area contributed by atoms with Gasteiger partial charge < -0.3 is 5.32 Å². The molecule has 1 heterocycles. The molecule has 0 radical (unpaired) electrons. The third kappa shape index (κ3) is 4.20. The summed E-state index contributed by atoms with van der Waals surface area (Å²) in [4.78, 5) is 5.52. The lowest BCUT2D eigenvalue weighted by Crippen LogP contribution is -2.24. The number of nitrogens with one attached hydrogen (secondary N) is 1. The predicted octanol–water partition coefficient (Wildman–Crippen LogP) is 2.71. The van der Waals surface area contributed by atoms with Crippen LogP contribution in [0.25, 0.3) is 0 Å². The second-order valence-electron chi connectivity index (χ2n) is 3.65.